The summed E-state index contributed by atoms with van der Waals surface area (Å²) in [6.07, 6.45) is 0. The molecule has 0 bridgehead atoms. The van der Waals surface area contributed by atoms with E-state index in [2.05, 4.69) is 26.6 Å². The van der Waals surface area contributed by atoms with E-state index in [4.69, 9.17) is 0 Å². The van der Waals surface area contributed by atoms with Gasteiger partial charge in [0.15, 0.2) is 0 Å². The Bertz CT molecular complexity index is 984. The van der Waals surface area contributed by atoms with E-state index in [0.717, 1.165) is 26.7 Å². The van der Waals surface area contributed by atoms with Crippen molar-refractivity contribution < 1.29 is 9.59 Å². The quantitative estimate of drug-likeness (QED) is 0.746. The third kappa shape index (κ3) is 2.53. The van der Waals surface area contributed by atoms with E-state index >= 15 is 0 Å². The molecule has 4 rings (SSSR count). The minimum Gasteiger partial charge on any atom is -0.321 e. The molecule has 0 atom stereocenters. The Kier molecular flexibility index (Phi) is 3.88. The van der Waals surface area contributed by atoms with Gasteiger partial charge in [-0.25, -0.2) is 0 Å². The Morgan fingerprint density at radius 3 is 1.81 bits per heavy atom. The predicted octanol–water partition coefficient (Wildman–Crippen LogP) is 1.71. The van der Waals surface area contributed by atoms with E-state index in [-0.39, 0.29) is 11.8 Å². The maximum atomic E-state index is 12.7. The number of rotatable bonds is 2. The van der Waals surface area contributed by atoms with Crippen molar-refractivity contribution in [2.45, 2.75) is 13.8 Å². The van der Waals surface area contributed by atoms with Gasteiger partial charge in [0, 0.05) is 4.47 Å². The third-order valence-electron chi connectivity index (χ3n) is 4.92. The Balaban J connectivity index is 1.90. The zero-order valence-corrected chi connectivity index (χ0v) is 16.2. The van der Waals surface area contributed by atoms with Crippen molar-refractivity contribution in [3.8, 4) is 0 Å². The number of benzene rings is 2. The standard InChI is InChI=1S/C20H16BBrN2O2/c1-9-7-11(3-5-13(9)21)17-15-16(20(26)23-17)18(24-19(15)25)12-4-6-14(22)10(2)8-12/h3-8H,21H2,1-2H3,(H,23,26)(H,24,25). The predicted molar refractivity (Wildman–Crippen MR) is 108 cm³/mol. The van der Waals surface area contributed by atoms with Gasteiger partial charge in [0.05, 0.1) is 22.5 Å². The molecule has 0 fully saturated rings. The monoisotopic (exact) mass is 406 g/mol. The lowest BCUT2D eigenvalue weighted by molar-refractivity contribution is -0.117. The maximum Gasteiger partial charge on any atom is 0.258 e. The maximum absolute atomic E-state index is 12.7. The highest BCUT2D eigenvalue weighted by Gasteiger charge is 2.40. The van der Waals surface area contributed by atoms with Gasteiger partial charge in [-0.15, -0.1) is 0 Å². The molecule has 2 aliphatic rings. The largest absolute Gasteiger partial charge is 0.321 e. The second-order valence-electron chi connectivity index (χ2n) is 6.67. The van der Waals surface area contributed by atoms with Gasteiger partial charge in [-0.2, -0.15) is 0 Å². The fourth-order valence-corrected chi connectivity index (χ4v) is 3.56. The summed E-state index contributed by atoms with van der Waals surface area (Å²) in [4.78, 5) is 25.3. The van der Waals surface area contributed by atoms with Crippen LogP contribution in [0.15, 0.2) is 52.0 Å². The molecule has 0 saturated heterocycles. The lowest BCUT2D eigenvalue weighted by atomic mass is 9.89. The van der Waals surface area contributed by atoms with E-state index in [0.29, 0.717) is 22.5 Å². The molecule has 2 N–H and O–H groups in total. The molecule has 128 valence electrons. The molecule has 0 spiro atoms. The summed E-state index contributed by atoms with van der Waals surface area (Å²) < 4.78 is 0.985. The third-order valence-corrected chi connectivity index (χ3v) is 5.81. The number of nitrogens with one attached hydrogen (secondary N) is 2. The van der Waals surface area contributed by atoms with Crippen molar-refractivity contribution in [2.75, 3.05) is 0 Å². The van der Waals surface area contributed by atoms with Crippen LogP contribution in [0, 0.1) is 13.8 Å². The van der Waals surface area contributed by atoms with Crippen LogP contribution < -0.4 is 16.1 Å². The van der Waals surface area contributed by atoms with Gasteiger partial charge in [0.1, 0.15) is 7.85 Å². The SMILES string of the molecule is Bc1ccc(C2=C3C(=O)NC(c4ccc(Br)c(C)c4)=C3C(=O)N2)cc1C. The van der Waals surface area contributed by atoms with Crippen LogP contribution >= 0.6 is 15.9 Å². The van der Waals surface area contributed by atoms with Crippen molar-refractivity contribution >= 4 is 52.4 Å². The van der Waals surface area contributed by atoms with Gasteiger partial charge in [-0.05, 0) is 42.7 Å². The van der Waals surface area contributed by atoms with Crippen LogP contribution in [0.2, 0.25) is 0 Å². The number of carbonyl (C=O) groups excluding carboxylic acids is 2. The molecule has 0 aromatic heterocycles. The van der Waals surface area contributed by atoms with Gasteiger partial charge in [0.25, 0.3) is 11.8 Å². The Hall–Kier alpha value is -2.60. The van der Waals surface area contributed by atoms with Gasteiger partial charge in [-0.1, -0.05) is 51.2 Å². The first-order valence-electron chi connectivity index (χ1n) is 8.32. The molecule has 2 aliphatic heterocycles. The molecule has 26 heavy (non-hydrogen) atoms. The molecule has 0 unspecified atom stereocenters. The van der Waals surface area contributed by atoms with E-state index < -0.39 is 0 Å². The fourth-order valence-electron chi connectivity index (χ4n) is 3.31. The zero-order chi connectivity index (χ0) is 18.6. The number of hydrogen-bond acceptors (Lipinski definition) is 2. The van der Waals surface area contributed by atoms with E-state index in [9.17, 15) is 9.59 Å². The first kappa shape index (κ1) is 16.9. The van der Waals surface area contributed by atoms with Gasteiger partial charge in [-0.3, -0.25) is 9.59 Å². The minimum absolute atomic E-state index is 0.248. The van der Waals surface area contributed by atoms with Gasteiger partial charge in [0.2, 0.25) is 0 Å². The Labute approximate surface area is 160 Å². The summed E-state index contributed by atoms with van der Waals surface area (Å²) in [6, 6.07) is 11.7. The average molecular weight is 407 g/mol. The molecule has 2 aromatic rings. The van der Waals surface area contributed by atoms with Crippen LogP contribution in [0.5, 0.6) is 0 Å². The molecule has 0 saturated carbocycles. The first-order chi connectivity index (χ1) is 12.4. The van der Waals surface area contributed by atoms with Crippen molar-refractivity contribution in [1.29, 1.82) is 0 Å². The number of aryl methyl sites for hydroxylation is 2. The van der Waals surface area contributed by atoms with Crippen LogP contribution in [0.1, 0.15) is 22.3 Å². The molecule has 2 amide bonds. The summed E-state index contributed by atoms with van der Waals surface area (Å²) in [6.45, 7) is 3.99. The van der Waals surface area contributed by atoms with E-state index in [1.165, 1.54) is 5.46 Å². The van der Waals surface area contributed by atoms with Crippen LogP contribution in [0.4, 0.5) is 0 Å². The summed E-state index contributed by atoms with van der Waals surface area (Å²) in [5.41, 5.74) is 6.97. The van der Waals surface area contributed by atoms with Gasteiger partial charge >= 0.3 is 0 Å². The Morgan fingerprint density at radius 2 is 1.31 bits per heavy atom. The Morgan fingerprint density at radius 1 is 0.808 bits per heavy atom. The summed E-state index contributed by atoms with van der Waals surface area (Å²) in [5.74, 6) is -0.496. The molecule has 2 heterocycles. The number of fused-ring (bicyclic) bond motifs is 1. The van der Waals surface area contributed by atoms with Crippen LogP contribution in [0.25, 0.3) is 11.4 Å². The smallest absolute Gasteiger partial charge is 0.258 e. The van der Waals surface area contributed by atoms with Gasteiger partial charge < -0.3 is 10.6 Å². The first-order valence-corrected chi connectivity index (χ1v) is 9.12. The van der Waals surface area contributed by atoms with Crippen LogP contribution in [0.3, 0.4) is 0 Å². The molecule has 0 aliphatic carbocycles. The number of halogens is 1. The minimum atomic E-state index is -0.248. The lowest BCUT2D eigenvalue weighted by Gasteiger charge is -2.09. The molecular formula is C20H16BBrN2O2. The number of hydrogen-bond donors (Lipinski definition) is 2. The topological polar surface area (TPSA) is 58.2 Å². The van der Waals surface area contributed by atoms with Crippen molar-refractivity contribution in [3.63, 3.8) is 0 Å². The van der Waals surface area contributed by atoms with Crippen LogP contribution in [-0.2, 0) is 9.59 Å². The average Bonchev–Trinajstić information content (AvgIpc) is 3.12. The second-order valence-corrected chi connectivity index (χ2v) is 7.53. The summed E-state index contributed by atoms with van der Waals surface area (Å²) in [5, 5.41) is 5.77. The highest BCUT2D eigenvalue weighted by Crippen LogP contribution is 2.37. The molecule has 4 nitrogen and oxygen atoms in total. The summed E-state index contributed by atoms with van der Waals surface area (Å²) >= 11 is 3.48. The van der Waals surface area contributed by atoms with E-state index in [1.807, 2.05) is 58.1 Å². The van der Waals surface area contributed by atoms with Crippen molar-refractivity contribution in [2.24, 2.45) is 0 Å². The molecule has 6 heteroatoms. The van der Waals surface area contributed by atoms with Crippen molar-refractivity contribution in [3.05, 3.63) is 74.3 Å². The van der Waals surface area contributed by atoms with Crippen LogP contribution in [-0.4, -0.2) is 19.7 Å². The molecular weight excluding hydrogens is 391 g/mol. The number of amides is 2. The second kappa shape index (κ2) is 5.99. The normalized spacial score (nSPS) is 16.1. The molecule has 0 radical (unpaired) electrons. The highest BCUT2D eigenvalue weighted by atomic mass is 79.9. The number of carbonyl (C=O) groups is 2. The molecule has 2 aromatic carbocycles. The van der Waals surface area contributed by atoms with Crippen molar-refractivity contribution in [1.82, 2.24) is 10.6 Å². The highest BCUT2D eigenvalue weighted by molar-refractivity contribution is 9.10. The zero-order valence-electron chi connectivity index (χ0n) is 14.7. The van der Waals surface area contributed by atoms with E-state index in [1.54, 1.807) is 0 Å². The lowest BCUT2D eigenvalue weighted by Crippen LogP contribution is -2.21. The fraction of sp³-hybridized carbons (Fsp3) is 0.100. The summed E-state index contributed by atoms with van der Waals surface area (Å²) in [7, 11) is 2.03.